The van der Waals surface area contributed by atoms with Crippen LogP contribution in [0.15, 0.2) is 59.1 Å². The SMILES string of the molecule is CC(=O)c1cccc(NC(=O)CCc2nc(-c3ccccc3)no2)c1. The first kappa shape index (κ1) is 16.6. The first-order chi connectivity index (χ1) is 12.1. The molecule has 126 valence electrons. The highest BCUT2D eigenvalue weighted by atomic mass is 16.5. The predicted molar refractivity (Wildman–Crippen MR) is 93.1 cm³/mol. The molecular weight excluding hydrogens is 318 g/mol. The van der Waals surface area contributed by atoms with Crippen molar-refractivity contribution in [3.63, 3.8) is 0 Å². The van der Waals surface area contributed by atoms with Crippen molar-refractivity contribution >= 4 is 17.4 Å². The van der Waals surface area contributed by atoms with Gasteiger partial charge in [-0.2, -0.15) is 4.98 Å². The second-order valence-corrected chi connectivity index (χ2v) is 5.56. The number of carbonyl (C=O) groups excluding carboxylic acids is 2. The van der Waals surface area contributed by atoms with E-state index in [1.54, 1.807) is 24.3 Å². The largest absolute Gasteiger partial charge is 0.339 e. The highest BCUT2D eigenvalue weighted by Crippen LogP contribution is 2.16. The molecule has 0 aliphatic rings. The highest BCUT2D eigenvalue weighted by Gasteiger charge is 2.11. The summed E-state index contributed by atoms with van der Waals surface area (Å²) >= 11 is 0. The summed E-state index contributed by atoms with van der Waals surface area (Å²) in [5, 5.41) is 6.69. The molecule has 0 aliphatic carbocycles. The number of nitrogens with one attached hydrogen (secondary N) is 1. The van der Waals surface area contributed by atoms with E-state index in [9.17, 15) is 9.59 Å². The lowest BCUT2D eigenvalue weighted by atomic mass is 10.1. The van der Waals surface area contributed by atoms with Gasteiger partial charge in [0.2, 0.25) is 17.6 Å². The molecule has 1 heterocycles. The third kappa shape index (κ3) is 4.38. The molecule has 1 aromatic heterocycles. The minimum atomic E-state index is -0.180. The van der Waals surface area contributed by atoms with Gasteiger partial charge in [0.15, 0.2) is 5.78 Å². The molecule has 0 bridgehead atoms. The normalized spacial score (nSPS) is 10.4. The maximum absolute atomic E-state index is 12.1. The van der Waals surface area contributed by atoms with Gasteiger partial charge in [-0.1, -0.05) is 47.6 Å². The Bertz CT molecular complexity index is 888. The standard InChI is InChI=1S/C19H17N3O3/c1-13(23)15-8-5-9-16(12-15)20-17(24)10-11-18-21-19(22-25-18)14-6-3-2-4-7-14/h2-9,12H,10-11H2,1H3,(H,20,24). The Balaban J connectivity index is 1.57. The molecule has 1 amide bonds. The lowest BCUT2D eigenvalue weighted by Gasteiger charge is -2.05. The molecule has 6 nitrogen and oxygen atoms in total. The lowest BCUT2D eigenvalue weighted by Crippen LogP contribution is -2.12. The number of amides is 1. The van der Waals surface area contributed by atoms with Crippen molar-refractivity contribution in [3.8, 4) is 11.4 Å². The van der Waals surface area contributed by atoms with E-state index in [0.29, 0.717) is 29.4 Å². The molecule has 0 radical (unpaired) electrons. The van der Waals surface area contributed by atoms with Crippen LogP contribution in [0.5, 0.6) is 0 Å². The zero-order valence-electron chi connectivity index (χ0n) is 13.7. The molecule has 25 heavy (non-hydrogen) atoms. The van der Waals surface area contributed by atoms with E-state index in [1.807, 2.05) is 30.3 Å². The molecule has 6 heteroatoms. The molecule has 0 unspecified atom stereocenters. The Morgan fingerprint density at radius 1 is 1.08 bits per heavy atom. The Morgan fingerprint density at radius 3 is 2.64 bits per heavy atom. The number of rotatable bonds is 6. The van der Waals surface area contributed by atoms with Gasteiger partial charge in [-0.3, -0.25) is 9.59 Å². The van der Waals surface area contributed by atoms with Crippen LogP contribution in [-0.4, -0.2) is 21.8 Å². The number of aromatic nitrogens is 2. The van der Waals surface area contributed by atoms with Crippen molar-refractivity contribution in [1.82, 2.24) is 10.1 Å². The molecule has 0 saturated heterocycles. The number of hydrogen-bond donors (Lipinski definition) is 1. The molecular formula is C19H17N3O3. The summed E-state index contributed by atoms with van der Waals surface area (Å²) in [6, 6.07) is 16.3. The first-order valence-electron chi connectivity index (χ1n) is 7.90. The fourth-order valence-electron chi connectivity index (χ4n) is 2.32. The monoisotopic (exact) mass is 335 g/mol. The first-order valence-corrected chi connectivity index (χ1v) is 7.90. The van der Waals surface area contributed by atoms with Gasteiger partial charge in [-0.15, -0.1) is 0 Å². The molecule has 0 saturated carbocycles. The number of benzene rings is 2. The van der Waals surface area contributed by atoms with Crippen LogP contribution < -0.4 is 5.32 Å². The minimum Gasteiger partial charge on any atom is -0.339 e. The van der Waals surface area contributed by atoms with Crippen molar-refractivity contribution in [1.29, 1.82) is 0 Å². The molecule has 2 aromatic carbocycles. The topological polar surface area (TPSA) is 85.1 Å². The van der Waals surface area contributed by atoms with Gasteiger partial charge >= 0.3 is 0 Å². The number of nitrogens with zero attached hydrogens (tertiary/aromatic N) is 2. The average molecular weight is 335 g/mol. The summed E-state index contributed by atoms with van der Waals surface area (Å²) in [4.78, 5) is 27.7. The van der Waals surface area contributed by atoms with Crippen molar-refractivity contribution in [2.24, 2.45) is 0 Å². The Hall–Kier alpha value is -3.28. The van der Waals surface area contributed by atoms with Crippen molar-refractivity contribution in [2.75, 3.05) is 5.32 Å². The van der Waals surface area contributed by atoms with E-state index < -0.39 is 0 Å². The number of carbonyl (C=O) groups is 2. The number of ketones is 1. The van der Waals surface area contributed by atoms with Gasteiger partial charge in [0.1, 0.15) is 0 Å². The molecule has 3 aromatic rings. The molecule has 1 N–H and O–H groups in total. The Morgan fingerprint density at radius 2 is 1.88 bits per heavy atom. The zero-order chi connectivity index (χ0) is 17.6. The molecule has 0 atom stereocenters. The van der Waals surface area contributed by atoms with Gasteiger partial charge in [-0.05, 0) is 19.1 Å². The quantitative estimate of drug-likeness (QED) is 0.697. The Kier molecular flexibility index (Phi) is 4.99. The zero-order valence-corrected chi connectivity index (χ0v) is 13.7. The highest BCUT2D eigenvalue weighted by molar-refractivity contribution is 5.97. The van der Waals surface area contributed by atoms with Crippen LogP contribution in [-0.2, 0) is 11.2 Å². The van der Waals surface area contributed by atoms with E-state index in [1.165, 1.54) is 6.92 Å². The summed E-state index contributed by atoms with van der Waals surface area (Å²) in [5.74, 6) is 0.687. The van der Waals surface area contributed by atoms with Crippen molar-refractivity contribution in [3.05, 3.63) is 66.1 Å². The minimum absolute atomic E-state index is 0.0459. The van der Waals surface area contributed by atoms with Crippen LogP contribution in [0.2, 0.25) is 0 Å². The number of aryl methyl sites for hydroxylation is 1. The smallest absolute Gasteiger partial charge is 0.227 e. The van der Waals surface area contributed by atoms with Gasteiger partial charge in [0.05, 0.1) is 0 Å². The van der Waals surface area contributed by atoms with Gasteiger partial charge in [0, 0.05) is 29.7 Å². The second kappa shape index (κ2) is 7.53. The van der Waals surface area contributed by atoms with Crippen LogP contribution in [0.25, 0.3) is 11.4 Å². The van der Waals surface area contributed by atoms with Crippen molar-refractivity contribution in [2.45, 2.75) is 19.8 Å². The van der Waals surface area contributed by atoms with Crippen LogP contribution in [0.1, 0.15) is 29.6 Å². The second-order valence-electron chi connectivity index (χ2n) is 5.56. The van der Waals surface area contributed by atoms with Crippen LogP contribution in [0, 0.1) is 0 Å². The van der Waals surface area contributed by atoms with Crippen LogP contribution in [0.3, 0.4) is 0 Å². The fraction of sp³-hybridized carbons (Fsp3) is 0.158. The number of hydrogen-bond acceptors (Lipinski definition) is 5. The Labute approximate surface area is 144 Å². The number of anilines is 1. The summed E-state index contributed by atoms with van der Waals surface area (Å²) in [6.07, 6.45) is 0.554. The maximum atomic E-state index is 12.1. The van der Waals surface area contributed by atoms with E-state index in [0.717, 1.165) is 5.56 Å². The van der Waals surface area contributed by atoms with E-state index in [4.69, 9.17) is 4.52 Å². The van der Waals surface area contributed by atoms with E-state index in [2.05, 4.69) is 15.5 Å². The predicted octanol–water partition coefficient (Wildman–Crippen LogP) is 3.51. The average Bonchev–Trinajstić information content (AvgIpc) is 3.10. The van der Waals surface area contributed by atoms with E-state index >= 15 is 0 Å². The summed E-state index contributed by atoms with van der Waals surface area (Å²) in [7, 11) is 0. The summed E-state index contributed by atoms with van der Waals surface area (Å²) < 4.78 is 5.18. The molecule has 0 aliphatic heterocycles. The van der Waals surface area contributed by atoms with E-state index in [-0.39, 0.29) is 18.1 Å². The molecule has 0 spiro atoms. The lowest BCUT2D eigenvalue weighted by molar-refractivity contribution is -0.116. The van der Waals surface area contributed by atoms with Gasteiger partial charge in [-0.25, -0.2) is 0 Å². The van der Waals surface area contributed by atoms with Crippen molar-refractivity contribution < 1.29 is 14.1 Å². The van der Waals surface area contributed by atoms with Crippen LogP contribution >= 0.6 is 0 Å². The van der Waals surface area contributed by atoms with Gasteiger partial charge < -0.3 is 9.84 Å². The third-order valence-corrected chi connectivity index (χ3v) is 3.62. The van der Waals surface area contributed by atoms with Gasteiger partial charge in [0.25, 0.3) is 0 Å². The third-order valence-electron chi connectivity index (χ3n) is 3.62. The molecule has 3 rings (SSSR count). The fourth-order valence-corrected chi connectivity index (χ4v) is 2.32. The summed E-state index contributed by atoms with van der Waals surface area (Å²) in [6.45, 7) is 1.49. The van der Waals surface area contributed by atoms with Crippen LogP contribution in [0.4, 0.5) is 5.69 Å². The molecule has 0 fully saturated rings. The number of Topliss-reactive ketones (excluding diaryl/α,β-unsaturated/α-hetero) is 1. The summed E-state index contributed by atoms with van der Waals surface area (Å²) in [5.41, 5.74) is 2.01. The maximum Gasteiger partial charge on any atom is 0.227 e.